The topological polar surface area (TPSA) is 63.1 Å². The van der Waals surface area contributed by atoms with Crippen LogP contribution >= 0.6 is 11.8 Å². The molecule has 1 N–H and O–H groups in total. The van der Waals surface area contributed by atoms with Crippen molar-refractivity contribution in [1.82, 2.24) is 25.2 Å². The second kappa shape index (κ2) is 6.79. The average molecular weight is 309 g/mol. The molecule has 1 amide bonds. The smallest absolute Gasteiger partial charge is 0.276 e. The molecule has 21 heavy (non-hydrogen) atoms. The molecule has 0 saturated carbocycles. The van der Waals surface area contributed by atoms with E-state index < -0.39 is 0 Å². The summed E-state index contributed by atoms with van der Waals surface area (Å²) in [6.45, 7) is 5.85. The van der Waals surface area contributed by atoms with Gasteiger partial charge in [0.05, 0.1) is 12.2 Å². The third-order valence-corrected chi connectivity index (χ3v) is 5.67. The average Bonchev–Trinajstić information content (AvgIpc) is 3.05. The highest BCUT2D eigenvalue weighted by Crippen LogP contribution is 2.22. The Morgan fingerprint density at radius 3 is 3.05 bits per heavy atom. The summed E-state index contributed by atoms with van der Waals surface area (Å²) in [5.74, 6) is 1.06. The molecule has 0 aromatic carbocycles. The lowest BCUT2D eigenvalue weighted by Gasteiger charge is -2.31. The van der Waals surface area contributed by atoms with Crippen LogP contribution in [0.2, 0.25) is 0 Å². The van der Waals surface area contributed by atoms with E-state index in [1.165, 1.54) is 0 Å². The molecule has 0 bridgehead atoms. The maximum Gasteiger partial charge on any atom is 0.276 e. The van der Waals surface area contributed by atoms with Crippen molar-refractivity contribution < 1.29 is 4.79 Å². The molecule has 2 aliphatic heterocycles. The number of nitrogens with one attached hydrogen (secondary N) is 1. The minimum absolute atomic E-state index is 0.0361. The summed E-state index contributed by atoms with van der Waals surface area (Å²) in [5, 5.41) is 12.2. The molecule has 0 spiro atoms. The van der Waals surface area contributed by atoms with E-state index in [1.807, 2.05) is 27.5 Å². The van der Waals surface area contributed by atoms with Crippen LogP contribution in [0.25, 0.3) is 0 Å². The number of hydrogen-bond acceptors (Lipinski definition) is 5. The fraction of sp³-hybridized carbons (Fsp3) is 0.786. The fourth-order valence-corrected chi connectivity index (χ4v) is 4.12. The van der Waals surface area contributed by atoms with Gasteiger partial charge in [0.15, 0.2) is 5.69 Å². The van der Waals surface area contributed by atoms with Gasteiger partial charge in [0.1, 0.15) is 0 Å². The van der Waals surface area contributed by atoms with Crippen LogP contribution in [0.1, 0.15) is 42.7 Å². The van der Waals surface area contributed by atoms with Gasteiger partial charge in [-0.1, -0.05) is 12.1 Å². The van der Waals surface area contributed by atoms with Gasteiger partial charge in [-0.05, 0) is 32.4 Å². The van der Waals surface area contributed by atoms with Crippen molar-refractivity contribution in [3.63, 3.8) is 0 Å². The quantitative estimate of drug-likeness (QED) is 0.908. The highest BCUT2D eigenvalue weighted by molar-refractivity contribution is 8.00. The summed E-state index contributed by atoms with van der Waals surface area (Å²) in [4.78, 5) is 14.5. The van der Waals surface area contributed by atoms with E-state index in [9.17, 15) is 4.79 Å². The van der Waals surface area contributed by atoms with Gasteiger partial charge in [0.25, 0.3) is 5.91 Å². The largest absolute Gasteiger partial charge is 0.335 e. The van der Waals surface area contributed by atoms with E-state index in [4.69, 9.17) is 0 Å². The van der Waals surface area contributed by atoms with Gasteiger partial charge >= 0.3 is 0 Å². The number of thioether (sulfide) groups is 1. The normalized spacial score (nSPS) is 24.2. The zero-order chi connectivity index (χ0) is 14.7. The second-order valence-electron chi connectivity index (χ2n) is 5.72. The van der Waals surface area contributed by atoms with Gasteiger partial charge in [0.2, 0.25) is 0 Å². The summed E-state index contributed by atoms with van der Waals surface area (Å²) in [5.41, 5.74) is 0.496. The van der Waals surface area contributed by atoms with E-state index in [1.54, 1.807) is 0 Å². The van der Waals surface area contributed by atoms with Crippen LogP contribution in [0, 0.1) is 0 Å². The SMILES string of the molecule is CCC1CN(C(=O)c2cn(C3CCNCC3)nn2)CCS1. The highest BCUT2D eigenvalue weighted by Gasteiger charge is 2.26. The van der Waals surface area contributed by atoms with E-state index in [2.05, 4.69) is 22.6 Å². The molecule has 2 saturated heterocycles. The van der Waals surface area contributed by atoms with Gasteiger partial charge in [0, 0.05) is 24.1 Å². The Kier molecular flexibility index (Phi) is 4.80. The third kappa shape index (κ3) is 3.40. The molecular formula is C14H23N5OS. The third-order valence-electron chi connectivity index (χ3n) is 4.29. The standard InChI is InChI=1S/C14H23N5OS/c1-2-12-9-18(7-8-21-12)14(20)13-10-19(17-16-13)11-3-5-15-6-4-11/h10-12,15H,2-9H2,1H3. The summed E-state index contributed by atoms with van der Waals surface area (Å²) < 4.78 is 1.88. The fourth-order valence-electron chi connectivity index (χ4n) is 2.94. The second-order valence-corrected chi connectivity index (χ2v) is 7.13. The molecule has 2 fully saturated rings. The summed E-state index contributed by atoms with van der Waals surface area (Å²) in [6, 6.07) is 0.376. The highest BCUT2D eigenvalue weighted by atomic mass is 32.2. The maximum atomic E-state index is 12.5. The molecule has 116 valence electrons. The number of rotatable bonds is 3. The minimum atomic E-state index is 0.0361. The molecule has 1 aromatic heterocycles. The molecule has 3 rings (SSSR count). The Morgan fingerprint density at radius 1 is 1.48 bits per heavy atom. The number of aromatic nitrogens is 3. The van der Waals surface area contributed by atoms with Crippen molar-refractivity contribution in [2.45, 2.75) is 37.5 Å². The van der Waals surface area contributed by atoms with E-state index in [-0.39, 0.29) is 5.91 Å². The zero-order valence-electron chi connectivity index (χ0n) is 12.5. The van der Waals surface area contributed by atoms with Crippen LogP contribution in [0.15, 0.2) is 6.20 Å². The van der Waals surface area contributed by atoms with Crippen molar-refractivity contribution >= 4 is 17.7 Å². The van der Waals surface area contributed by atoms with E-state index in [0.29, 0.717) is 17.0 Å². The molecule has 1 aromatic rings. The number of piperidine rings is 1. The minimum Gasteiger partial charge on any atom is -0.335 e. The van der Waals surface area contributed by atoms with Crippen LogP contribution in [-0.4, -0.2) is 63.0 Å². The Labute approximate surface area is 129 Å². The number of carbonyl (C=O) groups excluding carboxylic acids is 1. The molecule has 3 heterocycles. The molecular weight excluding hydrogens is 286 g/mol. The Bertz CT molecular complexity index is 485. The molecule has 0 aliphatic carbocycles. The van der Waals surface area contributed by atoms with Crippen LogP contribution in [0.4, 0.5) is 0 Å². The van der Waals surface area contributed by atoms with Gasteiger partial charge in [-0.25, -0.2) is 4.68 Å². The van der Waals surface area contributed by atoms with Gasteiger partial charge in [-0.2, -0.15) is 11.8 Å². The first-order chi connectivity index (χ1) is 10.3. The lowest BCUT2D eigenvalue weighted by Crippen LogP contribution is -2.41. The Hall–Kier alpha value is -1.08. The molecule has 1 unspecified atom stereocenters. The van der Waals surface area contributed by atoms with Crippen molar-refractivity contribution in [3.05, 3.63) is 11.9 Å². The van der Waals surface area contributed by atoms with Crippen molar-refractivity contribution in [1.29, 1.82) is 0 Å². The van der Waals surface area contributed by atoms with Crippen LogP contribution < -0.4 is 5.32 Å². The summed E-state index contributed by atoms with van der Waals surface area (Å²) >= 11 is 1.97. The first-order valence-electron chi connectivity index (χ1n) is 7.81. The van der Waals surface area contributed by atoms with E-state index in [0.717, 1.165) is 51.2 Å². The van der Waals surface area contributed by atoms with Crippen LogP contribution in [0.3, 0.4) is 0 Å². The number of hydrogen-bond donors (Lipinski definition) is 1. The first kappa shape index (κ1) is 14.8. The lowest BCUT2D eigenvalue weighted by atomic mass is 10.1. The molecule has 0 radical (unpaired) electrons. The summed E-state index contributed by atoms with van der Waals surface area (Å²) in [6.07, 6.45) is 5.04. The molecule has 6 nitrogen and oxygen atoms in total. The molecule has 1 atom stereocenters. The lowest BCUT2D eigenvalue weighted by molar-refractivity contribution is 0.0755. The molecule has 7 heteroatoms. The number of carbonyl (C=O) groups is 1. The number of nitrogens with zero attached hydrogens (tertiary/aromatic N) is 4. The summed E-state index contributed by atoms with van der Waals surface area (Å²) in [7, 11) is 0. The molecule has 2 aliphatic rings. The predicted molar refractivity (Wildman–Crippen MR) is 83.6 cm³/mol. The van der Waals surface area contributed by atoms with Crippen molar-refractivity contribution in [2.75, 3.05) is 31.9 Å². The first-order valence-corrected chi connectivity index (χ1v) is 8.86. The Morgan fingerprint density at radius 2 is 2.29 bits per heavy atom. The van der Waals surface area contributed by atoms with Crippen LogP contribution in [0.5, 0.6) is 0 Å². The number of amides is 1. The van der Waals surface area contributed by atoms with Crippen LogP contribution in [-0.2, 0) is 0 Å². The van der Waals surface area contributed by atoms with Gasteiger partial charge < -0.3 is 10.2 Å². The maximum absolute atomic E-state index is 12.5. The zero-order valence-corrected chi connectivity index (χ0v) is 13.3. The predicted octanol–water partition coefficient (Wildman–Crippen LogP) is 1.17. The monoisotopic (exact) mass is 309 g/mol. The van der Waals surface area contributed by atoms with Crippen molar-refractivity contribution in [3.8, 4) is 0 Å². The van der Waals surface area contributed by atoms with Crippen molar-refractivity contribution in [2.24, 2.45) is 0 Å². The van der Waals surface area contributed by atoms with E-state index >= 15 is 0 Å². The van der Waals surface area contributed by atoms with Gasteiger partial charge in [-0.3, -0.25) is 4.79 Å². The Balaban J connectivity index is 1.66. The van der Waals surface area contributed by atoms with Gasteiger partial charge in [-0.15, -0.1) is 5.10 Å².